The molecule has 0 spiro atoms. The van der Waals surface area contributed by atoms with E-state index in [9.17, 15) is 14.0 Å². The van der Waals surface area contributed by atoms with Gasteiger partial charge in [0.1, 0.15) is 5.82 Å². The number of aryl methyl sites for hydroxylation is 1. The van der Waals surface area contributed by atoms with Crippen LogP contribution >= 0.6 is 11.6 Å². The maximum Gasteiger partial charge on any atom is 0.258 e. The van der Waals surface area contributed by atoms with Crippen LogP contribution < -0.4 is 0 Å². The van der Waals surface area contributed by atoms with Crippen LogP contribution in [0.5, 0.6) is 0 Å². The van der Waals surface area contributed by atoms with E-state index in [4.69, 9.17) is 11.6 Å². The highest BCUT2D eigenvalue weighted by Gasteiger charge is 2.28. The fourth-order valence-corrected chi connectivity index (χ4v) is 3.18. The van der Waals surface area contributed by atoms with Crippen molar-refractivity contribution in [3.63, 3.8) is 0 Å². The molecule has 0 atom stereocenters. The second-order valence-electron chi connectivity index (χ2n) is 6.05. The molecule has 1 aliphatic rings. The molecule has 0 saturated carbocycles. The van der Waals surface area contributed by atoms with Crippen LogP contribution in [-0.4, -0.2) is 47.8 Å². The van der Waals surface area contributed by atoms with Gasteiger partial charge in [-0.05, 0) is 31.2 Å². The van der Waals surface area contributed by atoms with E-state index in [2.05, 4.69) is 0 Å². The molecule has 130 valence electrons. The summed E-state index contributed by atoms with van der Waals surface area (Å²) >= 11 is 5.97. The molecular weight excluding hydrogens is 343 g/mol. The zero-order valence-corrected chi connectivity index (χ0v) is 14.6. The van der Waals surface area contributed by atoms with Gasteiger partial charge in [0.2, 0.25) is 0 Å². The van der Waals surface area contributed by atoms with Crippen molar-refractivity contribution in [3.8, 4) is 0 Å². The minimum atomic E-state index is -0.629. The minimum Gasteiger partial charge on any atom is -0.335 e. The highest BCUT2D eigenvalue weighted by Crippen LogP contribution is 2.22. The zero-order valence-electron chi connectivity index (χ0n) is 13.8. The van der Waals surface area contributed by atoms with Crippen LogP contribution in [0, 0.1) is 12.7 Å². The van der Waals surface area contributed by atoms with Crippen molar-refractivity contribution in [2.24, 2.45) is 0 Å². The molecule has 0 radical (unpaired) electrons. The second-order valence-corrected chi connectivity index (χ2v) is 6.46. The van der Waals surface area contributed by atoms with E-state index < -0.39 is 11.7 Å². The maximum atomic E-state index is 13.9. The molecule has 1 aliphatic heterocycles. The van der Waals surface area contributed by atoms with E-state index >= 15 is 0 Å². The van der Waals surface area contributed by atoms with Crippen molar-refractivity contribution >= 4 is 23.4 Å². The first-order valence-electron chi connectivity index (χ1n) is 8.06. The van der Waals surface area contributed by atoms with Crippen LogP contribution in [0.15, 0.2) is 42.5 Å². The molecule has 0 bridgehead atoms. The number of nitrogens with zero attached hydrogens (tertiary/aromatic N) is 2. The molecular formula is C19H18ClFN2O2. The Morgan fingerprint density at radius 3 is 2.16 bits per heavy atom. The third-order valence-electron chi connectivity index (χ3n) is 4.30. The number of rotatable bonds is 2. The number of carbonyl (C=O) groups excluding carboxylic acids is 2. The van der Waals surface area contributed by atoms with Gasteiger partial charge in [0.05, 0.1) is 10.6 Å². The largest absolute Gasteiger partial charge is 0.335 e. The minimum absolute atomic E-state index is 0.0558. The Hall–Kier alpha value is -2.40. The first-order valence-corrected chi connectivity index (χ1v) is 8.44. The topological polar surface area (TPSA) is 40.6 Å². The summed E-state index contributed by atoms with van der Waals surface area (Å²) in [6, 6.07) is 11.6. The van der Waals surface area contributed by atoms with Gasteiger partial charge in [0, 0.05) is 31.7 Å². The van der Waals surface area contributed by atoms with Crippen LogP contribution in [0.2, 0.25) is 5.02 Å². The number of carbonyl (C=O) groups is 2. The van der Waals surface area contributed by atoms with E-state index in [-0.39, 0.29) is 16.5 Å². The molecule has 1 heterocycles. The average Bonchev–Trinajstić information content (AvgIpc) is 2.61. The molecule has 4 nitrogen and oxygen atoms in total. The lowest BCUT2D eigenvalue weighted by Gasteiger charge is -2.35. The van der Waals surface area contributed by atoms with Crippen molar-refractivity contribution in [1.29, 1.82) is 0 Å². The van der Waals surface area contributed by atoms with Gasteiger partial charge in [-0.1, -0.05) is 35.4 Å². The summed E-state index contributed by atoms with van der Waals surface area (Å²) < 4.78 is 13.9. The van der Waals surface area contributed by atoms with E-state index in [1.54, 1.807) is 11.0 Å². The van der Waals surface area contributed by atoms with Gasteiger partial charge in [-0.25, -0.2) is 4.39 Å². The fraction of sp³-hybridized carbons (Fsp3) is 0.263. The van der Waals surface area contributed by atoms with Crippen molar-refractivity contribution in [2.45, 2.75) is 6.92 Å². The van der Waals surface area contributed by atoms with E-state index in [0.29, 0.717) is 31.7 Å². The average molecular weight is 361 g/mol. The molecule has 6 heteroatoms. The van der Waals surface area contributed by atoms with Crippen LogP contribution in [-0.2, 0) is 0 Å². The molecule has 0 aliphatic carbocycles. The molecule has 1 saturated heterocycles. The Labute approximate surface area is 150 Å². The molecule has 2 aromatic rings. The Bertz CT molecular complexity index is 797. The predicted octanol–water partition coefficient (Wildman–Crippen LogP) is 3.39. The monoisotopic (exact) mass is 360 g/mol. The van der Waals surface area contributed by atoms with Crippen LogP contribution in [0.1, 0.15) is 26.3 Å². The Morgan fingerprint density at radius 1 is 0.960 bits per heavy atom. The van der Waals surface area contributed by atoms with Crippen molar-refractivity contribution in [3.05, 3.63) is 70.0 Å². The first kappa shape index (κ1) is 17.4. The van der Waals surface area contributed by atoms with Crippen molar-refractivity contribution in [2.75, 3.05) is 26.2 Å². The van der Waals surface area contributed by atoms with Gasteiger partial charge in [0.15, 0.2) is 0 Å². The third-order valence-corrected chi connectivity index (χ3v) is 4.61. The maximum absolute atomic E-state index is 13.9. The van der Waals surface area contributed by atoms with Gasteiger partial charge in [-0.2, -0.15) is 0 Å². The second kappa shape index (κ2) is 7.23. The molecule has 2 aromatic carbocycles. The molecule has 1 fully saturated rings. The highest BCUT2D eigenvalue weighted by atomic mass is 35.5. The fourth-order valence-electron chi connectivity index (χ4n) is 2.93. The SMILES string of the molecule is Cc1cccc(C(=O)N2CCN(C(=O)c3c(F)cccc3Cl)CC2)c1. The van der Waals surface area contributed by atoms with E-state index in [0.717, 1.165) is 5.56 Å². The van der Waals surface area contributed by atoms with Gasteiger partial charge in [-0.15, -0.1) is 0 Å². The first-order chi connectivity index (χ1) is 12.0. The summed E-state index contributed by atoms with van der Waals surface area (Å²) in [6.07, 6.45) is 0. The summed E-state index contributed by atoms with van der Waals surface area (Å²) in [5.74, 6) is -1.12. The van der Waals surface area contributed by atoms with Gasteiger partial charge < -0.3 is 9.80 Å². The summed E-state index contributed by atoms with van der Waals surface area (Å²) in [6.45, 7) is 3.45. The number of hydrogen-bond donors (Lipinski definition) is 0. The van der Waals surface area contributed by atoms with E-state index in [1.165, 1.54) is 23.1 Å². The number of amides is 2. The summed E-state index contributed by atoms with van der Waals surface area (Å²) in [4.78, 5) is 28.3. The van der Waals surface area contributed by atoms with Gasteiger partial charge in [0.25, 0.3) is 11.8 Å². The van der Waals surface area contributed by atoms with Crippen LogP contribution in [0.25, 0.3) is 0 Å². The van der Waals surface area contributed by atoms with Crippen molar-refractivity contribution in [1.82, 2.24) is 9.80 Å². The number of benzene rings is 2. The number of halogens is 2. The van der Waals surface area contributed by atoms with Crippen LogP contribution in [0.3, 0.4) is 0 Å². The molecule has 3 rings (SSSR count). The predicted molar refractivity (Wildman–Crippen MR) is 94.4 cm³/mol. The Morgan fingerprint density at radius 2 is 1.56 bits per heavy atom. The van der Waals surface area contributed by atoms with Gasteiger partial charge >= 0.3 is 0 Å². The zero-order chi connectivity index (χ0) is 18.0. The lowest BCUT2D eigenvalue weighted by molar-refractivity contribution is 0.0533. The molecule has 25 heavy (non-hydrogen) atoms. The normalized spacial score (nSPS) is 14.5. The smallest absolute Gasteiger partial charge is 0.258 e. The highest BCUT2D eigenvalue weighted by molar-refractivity contribution is 6.33. The van der Waals surface area contributed by atoms with E-state index in [1.807, 2.05) is 25.1 Å². The van der Waals surface area contributed by atoms with Crippen LogP contribution in [0.4, 0.5) is 4.39 Å². The summed E-state index contributed by atoms with van der Waals surface area (Å²) in [5.41, 5.74) is 1.55. The van der Waals surface area contributed by atoms with Crippen molar-refractivity contribution < 1.29 is 14.0 Å². The molecule has 2 amide bonds. The Balaban J connectivity index is 1.68. The quantitative estimate of drug-likeness (QED) is 0.823. The molecule has 0 N–H and O–H groups in total. The molecule has 0 unspecified atom stereocenters. The number of piperazine rings is 1. The third kappa shape index (κ3) is 3.66. The lowest BCUT2D eigenvalue weighted by Crippen LogP contribution is -2.50. The summed E-state index contributed by atoms with van der Waals surface area (Å²) in [7, 11) is 0. The summed E-state index contributed by atoms with van der Waals surface area (Å²) in [5, 5.41) is 0.100. The molecule has 0 aromatic heterocycles. The standard InChI is InChI=1S/C19H18ClFN2O2/c1-13-4-2-5-14(12-13)18(24)22-8-10-23(11-9-22)19(25)17-15(20)6-3-7-16(17)21/h2-7,12H,8-11H2,1H3. The lowest BCUT2D eigenvalue weighted by atomic mass is 10.1. The van der Waals surface area contributed by atoms with Gasteiger partial charge in [-0.3, -0.25) is 9.59 Å². The Kier molecular flexibility index (Phi) is 5.04. The number of hydrogen-bond acceptors (Lipinski definition) is 2.